The van der Waals surface area contributed by atoms with Gasteiger partial charge in [0.25, 0.3) is 11.6 Å². The lowest BCUT2D eigenvalue weighted by atomic mass is 10.1. The summed E-state index contributed by atoms with van der Waals surface area (Å²) in [5.41, 5.74) is 6.35. The average molecular weight is 313 g/mol. The summed E-state index contributed by atoms with van der Waals surface area (Å²) < 4.78 is 5.12. The molecule has 2 rings (SSSR count). The molecule has 0 spiro atoms. The molecule has 0 heterocycles. The van der Waals surface area contributed by atoms with Gasteiger partial charge in [0.1, 0.15) is 5.75 Å². The Kier molecular flexibility index (Phi) is 4.93. The summed E-state index contributed by atoms with van der Waals surface area (Å²) in [6.07, 6.45) is 0. The van der Waals surface area contributed by atoms with Crippen LogP contribution in [0.4, 0.5) is 5.69 Å². The number of methoxy groups -OCH3 is 1. The Morgan fingerprint density at radius 2 is 1.83 bits per heavy atom. The molecular weight excluding hydrogens is 298 g/mol. The summed E-state index contributed by atoms with van der Waals surface area (Å²) in [7, 11) is 1.55. The molecule has 0 fully saturated rings. The van der Waals surface area contributed by atoms with Crippen molar-refractivity contribution in [2.45, 2.75) is 0 Å². The van der Waals surface area contributed by atoms with E-state index in [4.69, 9.17) is 4.74 Å². The van der Waals surface area contributed by atoms with Crippen LogP contribution >= 0.6 is 0 Å². The van der Waals surface area contributed by atoms with Crippen LogP contribution in [-0.2, 0) is 0 Å². The minimum atomic E-state index is -0.556. The van der Waals surface area contributed by atoms with Gasteiger partial charge in [0, 0.05) is 23.3 Å². The van der Waals surface area contributed by atoms with E-state index in [1.807, 2.05) is 0 Å². The van der Waals surface area contributed by atoms with Crippen LogP contribution in [0, 0.1) is 10.1 Å². The third-order valence-corrected chi connectivity index (χ3v) is 3.06. The van der Waals surface area contributed by atoms with Crippen molar-refractivity contribution in [3.05, 3.63) is 76.4 Å². The monoisotopic (exact) mass is 313 g/mol. The largest absolute Gasteiger partial charge is 0.497 e. The van der Waals surface area contributed by atoms with E-state index in [9.17, 15) is 14.9 Å². The highest BCUT2D eigenvalue weighted by Crippen LogP contribution is 2.17. The van der Waals surface area contributed by atoms with Crippen LogP contribution < -0.4 is 15.6 Å². The van der Waals surface area contributed by atoms with Gasteiger partial charge in [0.2, 0.25) is 0 Å². The fraction of sp³-hybridized carbons (Fsp3) is 0.0625. The molecule has 0 aliphatic carbocycles. The molecule has 0 radical (unpaired) electrons. The molecule has 0 unspecified atom stereocenters. The first-order valence-electron chi connectivity index (χ1n) is 6.65. The summed E-state index contributed by atoms with van der Waals surface area (Å²) in [4.78, 5) is 22.2. The van der Waals surface area contributed by atoms with E-state index < -0.39 is 10.8 Å². The lowest BCUT2D eigenvalue weighted by molar-refractivity contribution is -0.384. The van der Waals surface area contributed by atoms with Gasteiger partial charge in [-0.15, -0.1) is 0 Å². The van der Waals surface area contributed by atoms with Crippen LogP contribution in [0.5, 0.6) is 5.75 Å². The molecular formula is C16H15N3O4. The smallest absolute Gasteiger partial charge is 0.270 e. The fourth-order valence-corrected chi connectivity index (χ4v) is 1.85. The summed E-state index contributed by atoms with van der Waals surface area (Å²) in [5, 5.41) is 10.7. The van der Waals surface area contributed by atoms with E-state index in [1.54, 1.807) is 31.4 Å². The molecule has 118 valence electrons. The Hall–Kier alpha value is -3.35. The third-order valence-electron chi connectivity index (χ3n) is 3.06. The van der Waals surface area contributed by atoms with Gasteiger partial charge in [0.15, 0.2) is 0 Å². The number of non-ortho nitro benzene ring substituents is 1. The fourth-order valence-electron chi connectivity index (χ4n) is 1.85. The first kappa shape index (κ1) is 16.0. The number of hydrazine groups is 1. The molecule has 23 heavy (non-hydrogen) atoms. The van der Waals surface area contributed by atoms with Crippen LogP contribution in [0.2, 0.25) is 0 Å². The van der Waals surface area contributed by atoms with Gasteiger partial charge in [-0.2, -0.15) is 0 Å². The van der Waals surface area contributed by atoms with E-state index in [0.717, 1.165) is 5.56 Å². The molecule has 2 aromatic carbocycles. The number of rotatable bonds is 6. The molecule has 7 heteroatoms. The first-order valence-corrected chi connectivity index (χ1v) is 6.65. The van der Waals surface area contributed by atoms with E-state index in [1.165, 1.54) is 24.3 Å². The lowest BCUT2D eigenvalue weighted by Crippen LogP contribution is -2.35. The molecule has 0 saturated carbocycles. The van der Waals surface area contributed by atoms with Crippen molar-refractivity contribution < 1.29 is 14.5 Å². The molecule has 7 nitrogen and oxygen atoms in total. The van der Waals surface area contributed by atoms with Crippen LogP contribution in [0.25, 0.3) is 5.70 Å². The standard InChI is InChI=1S/C16H15N3O4/c1-11(12-5-4-8-15(10-12)23-2)17-18-16(20)13-6-3-7-14(9-13)19(21)22/h3-10,17H,1H2,2H3,(H,18,20). The van der Waals surface area contributed by atoms with Crippen molar-refractivity contribution in [2.24, 2.45) is 0 Å². The molecule has 0 aliphatic heterocycles. The molecule has 0 aromatic heterocycles. The van der Waals surface area contributed by atoms with Crippen molar-refractivity contribution in [3.63, 3.8) is 0 Å². The zero-order chi connectivity index (χ0) is 16.8. The number of nitrogens with zero attached hydrogens (tertiary/aromatic N) is 1. The van der Waals surface area contributed by atoms with Gasteiger partial charge in [-0.05, 0) is 18.2 Å². The highest BCUT2D eigenvalue weighted by molar-refractivity contribution is 5.95. The lowest BCUT2D eigenvalue weighted by Gasteiger charge is -2.12. The van der Waals surface area contributed by atoms with Crippen LogP contribution in [-0.4, -0.2) is 17.9 Å². The maximum Gasteiger partial charge on any atom is 0.270 e. The van der Waals surface area contributed by atoms with Crippen molar-refractivity contribution in [1.29, 1.82) is 0 Å². The molecule has 2 aromatic rings. The zero-order valence-corrected chi connectivity index (χ0v) is 12.4. The second-order valence-corrected chi connectivity index (χ2v) is 4.60. The molecule has 0 atom stereocenters. The SMILES string of the molecule is C=C(NNC(=O)c1cccc([N+](=O)[O-])c1)c1cccc(OC)c1. The van der Waals surface area contributed by atoms with Crippen molar-refractivity contribution in [2.75, 3.05) is 7.11 Å². The predicted molar refractivity (Wildman–Crippen MR) is 85.7 cm³/mol. The van der Waals surface area contributed by atoms with Crippen LogP contribution in [0.3, 0.4) is 0 Å². The normalized spacial score (nSPS) is 9.78. The summed E-state index contributed by atoms with van der Waals surface area (Å²) in [6.45, 7) is 3.82. The minimum Gasteiger partial charge on any atom is -0.497 e. The van der Waals surface area contributed by atoms with Gasteiger partial charge in [-0.1, -0.05) is 24.8 Å². The number of ether oxygens (including phenoxy) is 1. The number of hydrogen-bond donors (Lipinski definition) is 2. The summed E-state index contributed by atoms with van der Waals surface area (Å²) in [6, 6.07) is 12.6. The molecule has 0 bridgehead atoms. The molecule has 0 saturated heterocycles. The van der Waals surface area contributed by atoms with E-state index in [2.05, 4.69) is 17.4 Å². The van der Waals surface area contributed by atoms with Gasteiger partial charge < -0.3 is 4.74 Å². The van der Waals surface area contributed by atoms with Crippen molar-refractivity contribution in [1.82, 2.24) is 10.9 Å². The minimum absolute atomic E-state index is 0.149. The summed E-state index contributed by atoms with van der Waals surface area (Å²) >= 11 is 0. The van der Waals surface area contributed by atoms with Crippen molar-refractivity contribution in [3.8, 4) is 5.75 Å². The highest BCUT2D eigenvalue weighted by atomic mass is 16.6. The van der Waals surface area contributed by atoms with E-state index in [0.29, 0.717) is 11.4 Å². The number of benzene rings is 2. The Morgan fingerprint density at radius 3 is 2.52 bits per heavy atom. The number of carbonyl (C=O) groups is 1. The van der Waals surface area contributed by atoms with Gasteiger partial charge in [-0.3, -0.25) is 25.8 Å². The summed E-state index contributed by atoms with van der Waals surface area (Å²) in [5.74, 6) is 0.160. The molecule has 2 N–H and O–H groups in total. The van der Waals surface area contributed by atoms with E-state index >= 15 is 0 Å². The highest BCUT2D eigenvalue weighted by Gasteiger charge is 2.11. The second kappa shape index (κ2) is 7.08. The maximum absolute atomic E-state index is 12.0. The zero-order valence-electron chi connectivity index (χ0n) is 12.4. The number of nitrogens with one attached hydrogen (secondary N) is 2. The average Bonchev–Trinajstić information content (AvgIpc) is 2.59. The maximum atomic E-state index is 12.0. The molecule has 0 aliphatic rings. The van der Waals surface area contributed by atoms with E-state index in [-0.39, 0.29) is 11.3 Å². The van der Waals surface area contributed by atoms with Crippen molar-refractivity contribution >= 4 is 17.3 Å². The van der Waals surface area contributed by atoms with Crippen LogP contribution in [0.1, 0.15) is 15.9 Å². The third kappa shape index (κ3) is 4.07. The predicted octanol–water partition coefficient (Wildman–Crippen LogP) is 2.51. The number of nitro groups is 1. The second-order valence-electron chi connectivity index (χ2n) is 4.60. The number of amides is 1. The first-order chi connectivity index (χ1) is 11.0. The van der Waals surface area contributed by atoms with Gasteiger partial charge in [0.05, 0.1) is 17.7 Å². The molecule has 1 amide bonds. The Balaban J connectivity index is 2.02. The number of carbonyl (C=O) groups excluding carboxylic acids is 1. The topological polar surface area (TPSA) is 93.5 Å². The number of hydrogen-bond acceptors (Lipinski definition) is 5. The Bertz CT molecular complexity index is 758. The van der Waals surface area contributed by atoms with Gasteiger partial charge >= 0.3 is 0 Å². The Morgan fingerprint density at radius 1 is 1.13 bits per heavy atom. The Labute approximate surface area is 132 Å². The number of nitro benzene ring substituents is 1. The van der Waals surface area contributed by atoms with Gasteiger partial charge in [-0.25, -0.2) is 0 Å². The quantitative estimate of drug-likeness (QED) is 0.631. The van der Waals surface area contributed by atoms with Crippen LogP contribution in [0.15, 0.2) is 55.1 Å².